The molecule has 1 aromatic rings. The first-order chi connectivity index (χ1) is 7.13. The van der Waals surface area contributed by atoms with Gasteiger partial charge in [0.1, 0.15) is 12.4 Å². The Morgan fingerprint density at radius 3 is 2.93 bits per heavy atom. The maximum atomic E-state index is 12.9. The van der Waals surface area contributed by atoms with Gasteiger partial charge in [-0.25, -0.2) is 4.39 Å². The molecule has 0 amide bonds. The molecule has 0 heterocycles. The van der Waals surface area contributed by atoms with Crippen LogP contribution in [0, 0.1) is 5.82 Å². The zero-order chi connectivity index (χ0) is 11.3. The van der Waals surface area contributed by atoms with Gasteiger partial charge in [-0.05, 0) is 30.7 Å². The smallest absolute Gasteiger partial charge is 0.162 e. The number of carbonyl (C=O) groups excluding carboxylic acids is 1. The van der Waals surface area contributed by atoms with Gasteiger partial charge in [0, 0.05) is 17.5 Å². The minimum Gasteiger partial charge on any atom is -0.374 e. The van der Waals surface area contributed by atoms with Crippen molar-refractivity contribution in [2.24, 2.45) is 0 Å². The number of ketones is 1. The van der Waals surface area contributed by atoms with Crippen LogP contribution in [0.5, 0.6) is 0 Å². The first-order valence-electron chi connectivity index (χ1n) is 4.67. The Bertz CT molecular complexity index is 352. The van der Waals surface area contributed by atoms with Crippen molar-refractivity contribution in [3.05, 3.63) is 34.1 Å². The number of ether oxygens (including phenoxy) is 1. The first-order valence-corrected chi connectivity index (χ1v) is 5.46. The van der Waals surface area contributed by atoms with Gasteiger partial charge in [0.25, 0.3) is 0 Å². The van der Waals surface area contributed by atoms with Crippen LogP contribution in [0.15, 0.2) is 22.7 Å². The highest BCUT2D eigenvalue weighted by Crippen LogP contribution is 2.18. The molecule has 0 atom stereocenters. The van der Waals surface area contributed by atoms with Crippen LogP contribution >= 0.6 is 15.9 Å². The summed E-state index contributed by atoms with van der Waals surface area (Å²) >= 11 is 3.27. The van der Waals surface area contributed by atoms with Crippen LogP contribution in [-0.4, -0.2) is 19.0 Å². The number of hydrogen-bond acceptors (Lipinski definition) is 2. The van der Waals surface area contributed by atoms with E-state index in [-0.39, 0.29) is 24.6 Å². The summed E-state index contributed by atoms with van der Waals surface area (Å²) in [6, 6.07) is 4.30. The Labute approximate surface area is 96.6 Å². The summed E-state index contributed by atoms with van der Waals surface area (Å²) in [4.78, 5) is 11.4. The zero-order valence-corrected chi connectivity index (χ0v) is 10.0. The molecule has 0 spiro atoms. The summed E-state index contributed by atoms with van der Waals surface area (Å²) in [5.74, 6) is -0.388. The van der Waals surface area contributed by atoms with Gasteiger partial charge < -0.3 is 4.74 Å². The molecule has 0 radical (unpaired) electrons. The minimum atomic E-state index is -0.336. The Morgan fingerprint density at radius 1 is 1.53 bits per heavy atom. The third-order valence-electron chi connectivity index (χ3n) is 1.86. The van der Waals surface area contributed by atoms with E-state index in [1.807, 2.05) is 6.92 Å². The summed E-state index contributed by atoms with van der Waals surface area (Å²) in [6.07, 6.45) is 0.193. The molecule has 0 saturated heterocycles. The lowest BCUT2D eigenvalue weighted by atomic mass is 10.1. The van der Waals surface area contributed by atoms with E-state index in [1.54, 1.807) is 6.07 Å². The molecule has 0 aliphatic carbocycles. The van der Waals surface area contributed by atoms with Crippen LogP contribution in [-0.2, 0) is 16.0 Å². The van der Waals surface area contributed by atoms with Crippen LogP contribution in [0.2, 0.25) is 0 Å². The number of carbonyl (C=O) groups is 1. The summed E-state index contributed by atoms with van der Waals surface area (Å²) in [7, 11) is 0. The fourth-order valence-corrected chi connectivity index (χ4v) is 1.54. The van der Waals surface area contributed by atoms with Gasteiger partial charge >= 0.3 is 0 Å². The van der Waals surface area contributed by atoms with Gasteiger partial charge in [0.2, 0.25) is 0 Å². The molecule has 82 valence electrons. The standard InChI is InChI=1S/C11H12BrFO2/c1-2-15-7-10(14)6-8-5-9(13)3-4-11(8)12/h3-5H,2,6-7H2,1H3. The highest BCUT2D eigenvalue weighted by molar-refractivity contribution is 9.10. The third kappa shape index (κ3) is 4.10. The van der Waals surface area contributed by atoms with Crippen molar-refractivity contribution in [2.75, 3.05) is 13.2 Å². The average Bonchev–Trinajstić information content (AvgIpc) is 2.20. The second kappa shape index (κ2) is 5.98. The summed E-state index contributed by atoms with van der Waals surface area (Å²) < 4.78 is 18.6. The Morgan fingerprint density at radius 2 is 2.27 bits per heavy atom. The number of rotatable bonds is 5. The molecule has 2 nitrogen and oxygen atoms in total. The van der Waals surface area contributed by atoms with E-state index < -0.39 is 0 Å². The summed E-state index contributed by atoms with van der Waals surface area (Å²) in [5.41, 5.74) is 0.653. The van der Waals surface area contributed by atoms with Gasteiger partial charge in [-0.15, -0.1) is 0 Å². The van der Waals surface area contributed by atoms with Crippen molar-refractivity contribution in [2.45, 2.75) is 13.3 Å². The van der Waals surface area contributed by atoms with Crippen molar-refractivity contribution in [3.63, 3.8) is 0 Å². The summed E-state index contributed by atoms with van der Waals surface area (Å²) in [6.45, 7) is 2.42. The van der Waals surface area contributed by atoms with E-state index in [4.69, 9.17) is 4.74 Å². The van der Waals surface area contributed by atoms with Gasteiger partial charge in [-0.1, -0.05) is 15.9 Å². The van der Waals surface area contributed by atoms with E-state index in [9.17, 15) is 9.18 Å². The van der Waals surface area contributed by atoms with Crippen molar-refractivity contribution >= 4 is 21.7 Å². The largest absolute Gasteiger partial charge is 0.374 e. The Balaban J connectivity index is 2.63. The van der Waals surface area contributed by atoms with Crippen molar-refractivity contribution < 1.29 is 13.9 Å². The van der Waals surface area contributed by atoms with Crippen LogP contribution in [0.4, 0.5) is 4.39 Å². The number of benzene rings is 1. The lowest BCUT2D eigenvalue weighted by molar-refractivity contribution is -0.122. The quantitative estimate of drug-likeness (QED) is 0.826. The summed E-state index contributed by atoms with van der Waals surface area (Å²) in [5, 5.41) is 0. The zero-order valence-electron chi connectivity index (χ0n) is 8.43. The van der Waals surface area contributed by atoms with Crippen molar-refractivity contribution in [1.82, 2.24) is 0 Å². The number of hydrogen-bond donors (Lipinski definition) is 0. The Hall–Kier alpha value is -0.740. The van der Waals surface area contributed by atoms with Gasteiger partial charge in [0.05, 0.1) is 0 Å². The lowest BCUT2D eigenvalue weighted by Crippen LogP contribution is -2.11. The molecule has 0 bridgehead atoms. The van der Waals surface area contributed by atoms with Gasteiger partial charge in [-0.2, -0.15) is 0 Å². The maximum Gasteiger partial charge on any atom is 0.162 e. The maximum absolute atomic E-state index is 12.9. The monoisotopic (exact) mass is 274 g/mol. The van der Waals surface area contributed by atoms with E-state index in [2.05, 4.69) is 15.9 Å². The predicted octanol–water partition coefficient (Wildman–Crippen LogP) is 2.74. The molecule has 0 aliphatic rings. The van der Waals surface area contributed by atoms with Crippen molar-refractivity contribution in [3.8, 4) is 0 Å². The van der Waals surface area contributed by atoms with Gasteiger partial charge in [-0.3, -0.25) is 4.79 Å². The number of Topliss-reactive ketones (excluding diaryl/α,β-unsaturated/α-hetero) is 1. The van der Waals surface area contributed by atoms with Crippen LogP contribution in [0.25, 0.3) is 0 Å². The molecule has 0 aliphatic heterocycles. The topological polar surface area (TPSA) is 26.3 Å². The van der Waals surface area contributed by atoms with E-state index in [0.29, 0.717) is 12.2 Å². The fraction of sp³-hybridized carbons (Fsp3) is 0.364. The normalized spacial score (nSPS) is 10.3. The molecular weight excluding hydrogens is 263 g/mol. The van der Waals surface area contributed by atoms with E-state index in [1.165, 1.54) is 12.1 Å². The molecule has 4 heteroatoms. The molecule has 0 unspecified atom stereocenters. The molecule has 1 aromatic carbocycles. The lowest BCUT2D eigenvalue weighted by Gasteiger charge is -2.04. The molecule has 0 aromatic heterocycles. The molecule has 0 fully saturated rings. The third-order valence-corrected chi connectivity index (χ3v) is 2.64. The van der Waals surface area contributed by atoms with Crippen LogP contribution in [0.1, 0.15) is 12.5 Å². The SMILES string of the molecule is CCOCC(=O)Cc1cc(F)ccc1Br. The molecule has 0 N–H and O–H groups in total. The highest BCUT2D eigenvalue weighted by Gasteiger charge is 2.07. The minimum absolute atomic E-state index is 0.0526. The molecule has 0 saturated carbocycles. The molecule has 1 rings (SSSR count). The fourth-order valence-electron chi connectivity index (χ4n) is 1.16. The first kappa shape index (κ1) is 12.3. The average molecular weight is 275 g/mol. The molecular formula is C11H12BrFO2. The van der Waals surface area contributed by atoms with E-state index >= 15 is 0 Å². The van der Waals surface area contributed by atoms with Crippen molar-refractivity contribution in [1.29, 1.82) is 0 Å². The van der Waals surface area contributed by atoms with Crippen LogP contribution in [0.3, 0.4) is 0 Å². The van der Waals surface area contributed by atoms with Gasteiger partial charge in [0.15, 0.2) is 5.78 Å². The van der Waals surface area contributed by atoms with E-state index in [0.717, 1.165) is 4.47 Å². The number of halogens is 2. The second-order valence-corrected chi connectivity index (χ2v) is 3.94. The molecule has 15 heavy (non-hydrogen) atoms. The Kier molecular flexibility index (Phi) is 4.91. The second-order valence-electron chi connectivity index (χ2n) is 3.09. The van der Waals surface area contributed by atoms with Crippen LogP contribution < -0.4 is 0 Å². The predicted molar refractivity (Wildman–Crippen MR) is 59.3 cm³/mol. The highest BCUT2D eigenvalue weighted by atomic mass is 79.9.